The molecular weight excluding hydrogens is 1600 g/mol. The van der Waals surface area contributed by atoms with Crippen LogP contribution in [0.3, 0.4) is 0 Å². The smallest absolute Gasteiger partial charge is 0.364 e. The number of amides is 4. The van der Waals surface area contributed by atoms with Crippen LogP contribution in [0.15, 0.2) is 0 Å². The molecule has 676 valence electrons. The van der Waals surface area contributed by atoms with E-state index in [0.717, 1.165) is 27.7 Å². The molecule has 9 aliphatic heterocycles. The summed E-state index contributed by atoms with van der Waals surface area (Å²) in [6.07, 6.45) is -88.7. The number of hydrogen-bond donors (Lipinski definition) is 30. The van der Waals surface area contributed by atoms with Gasteiger partial charge in [-0.1, -0.05) is 0 Å². The Balaban J connectivity index is 1.03. The van der Waals surface area contributed by atoms with Crippen molar-refractivity contribution in [2.24, 2.45) is 0 Å². The molecule has 1 unspecified atom stereocenters. The number of carbonyl (C=O) groups excluding carboxylic acids is 4. The SMILES string of the molecule is CC(=O)N[C@H]1[C@H](O[C@H]2[C@H](O)[C@@H](NC(C)=O)C(O)O[C@@H]2CO[C@@H]2O[C@@H](C)[C@@H](O)[C@@H](O)[C@@H]2O)O[C@H](CO)[C@@H](O[C@@H]2O[C@H](CO[C@H]3O[C@H](CO)[C@@H](O)[C@H](O)[C@@H]3O)[C@@H](O)[C@H](O[C@H]3O[C@H](CO)[C@@H](O)[C@H](O)[C@@H]3O[C@@H]3O[C@H](CO)[C@@H](O)[C@H](O[C@@H]4O[C@H](CO)[C@H](O)[C@H](O[C@]5(C(=O)O)C[C@H](O)[C@@H](NC(C)=O)[C@H]([C@H](O)[C@H](O)CO)O5)[C@H]4O)[C@H]3NC(C)=O)[C@@H]2O)[C@@H]1O. The molecule has 52 heteroatoms. The van der Waals surface area contributed by atoms with Crippen LogP contribution in [0.1, 0.15) is 41.0 Å². The quantitative estimate of drug-likeness (QED) is 0.0306. The van der Waals surface area contributed by atoms with Gasteiger partial charge in [-0.05, 0) is 6.92 Å². The number of aliphatic hydroxyl groups excluding tert-OH is 25. The van der Waals surface area contributed by atoms with Crippen LogP contribution in [0.5, 0.6) is 0 Å². The molecule has 9 aliphatic rings. The van der Waals surface area contributed by atoms with E-state index in [0.29, 0.717) is 0 Å². The summed E-state index contributed by atoms with van der Waals surface area (Å²) >= 11 is 0. The summed E-state index contributed by atoms with van der Waals surface area (Å²) in [6, 6.07) is -7.60. The minimum Gasteiger partial charge on any atom is -0.477 e. The molecule has 0 saturated carbocycles. The minimum absolute atomic E-state index is 0.832. The van der Waals surface area contributed by atoms with E-state index in [9.17, 15) is 157 Å². The molecule has 9 rings (SSSR count). The molecule has 0 radical (unpaired) electrons. The van der Waals surface area contributed by atoms with Crippen molar-refractivity contribution < 1.29 is 237 Å². The molecule has 46 atom stereocenters. The van der Waals surface area contributed by atoms with Gasteiger partial charge >= 0.3 is 5.97 Å². The third-order valence-electron chi connectivity index (χ3n) is 21.3. The second kappa shape index (κ2) is 41.4. The van der Waals surface area contributed by atoms with Crippen LogP contribution in [0.25, 0.3) is 0 Å². The summed E-state index contributed by atoms with van der Waals surface area (Å²) in [6.45, 7) is -4.03. The first-order chi connectivity index (χ1) is 55.1. The Labute approximate surface area is 662 Å². The zero-order valence-electron chi connectivity index (χ0n) is 63.0. The Kier molecular flexibility index (Phi) is 34.2. The number of carbonyl (C=O) groups is 5. The third kappa shape index (κ3) is 21.4. The summed E-state index contributed by atoms with van der Waals surface area (Å²) < 4.78 is 100. The first kappa shape index (κ1) is 96.5. The summed E-state index contributed by atoms with van der Waals surface area (Å²) in [5.74, 6) is -9.26. The maximum absolute atomic E-state index is 13.3. The highest BCUT2D eigenvalue weighted by atomic mass is 16.8. The van der Waals surface area contributed by atoms with E-state index in [2.05, 4.69) is 21.3 Å². The Bertz CT molecular complexity index is 3190. The zero-order valence-corrected chi connectivity index (χ0v) is 63.0. The van der Waals surface area contributed by atoms with E-state index in [1.165, 1.54) is 6.92 Å². The van der Waals surface area contributed by atoms with E-state index >= 15 is 0 Å². The van der Waals surface area contributed by atoms with Crippen molar-refractivity contribution in [3.63, 3.8) is 0 Å². The molecule has 117 heavy (non-hydrogen) atoms. The third-order valence-corrected chi connectivity index (χ3v) is 21.3. The molecule has 0 aromatic rings. The highest BCUT2D eigenvalue weighted by molar-refractivity contribution is 5.77. The first-order valence-corrected chi connectivity index (χ1v) is 37.1. The summed E-state index contributed by atoms with van der Waals surface area (Å²) in [5.41, 5.74) is 0. The molecule has 52 nitrogen and oxygen atoms in total. The van der Waals surface area contributed by atoms with Crippen molar-refractivity contribution in [1.82, 2.24) is 21.3 Å². The van der Waals surface area contributed by atoms with E-state index in [1.54, 1.807) is 0 Å². The highest BCUT2D eigenvalue weighted by Gasteiger charge is 2.63. The van der Waals surface area contributed by atoms with Gasteiger partial charge in [0.25, 0.3) is 5.79 Å². The first-order valence-electron chi connectivity index (χ1n) is 37.1. The van der Waals surface area contributed by atoms with E-state index in [-0.39, 0.29) is 0 Å². The Hall–Kier alpha value is -4.33. The monoisotopic (exact) mass is 1710 g/mol. The number of aliphatic hydroxyl groups is 25. The molecule has 0 aromatic carbocycles. The fourth-order valence-electron chi connectivity index (χ4n) is 15.0. The van der Waals surface area contributed by atoms with E-state index in [1.807, 2.05) is 0 Å². The number of ether oxygens (including phenoxy) is 17. The average Bonchev–Trinajstić information content (AvgIpc) is 0.751. The summed E-state index contributed by atoms with van der Waals surface area (Å²) in [5, 5.41) is 299. The Morgan fingerprint density at radius 1 is 0.368 bits per heavy atom. The van der Waals surface area contributed by atoms with Crippen LogP contribution < -0.4 is 21.3 Å². The number of carboxylic acid groups (broad SMARTS) is 1. The lowest BCUT2D eigenvalue weighted by Crippen LogP contribution is -2.72. The molecule has 9 heterocycles. The zero-order chi connectivity index (χ0) is 86.6. The largest absolute Gasteiger partial charge is 0.477 e. The van der Waals surface area contributed by atoms with Crippen molar-refractivity contribution in [2.75, 3.05) is 52.9 Å². The minimum atomic E-state index is -3.33. The van der Waals surface area contributed by atoms with Gasteiger partial charge in [0.05, 0.1) is 71.1 Å². The van der Waals surface area contributed by atoms with Crippen LogP contribution in [0.4, 0.5) is 0 Å². The normalized spacial score (nSPS) is 47.9. The van der Waals surface area contributed by atoms with Gasteiger partial charge in [0, 0.05) is 34.1 Å². The number of rotatable bonds is 31. The van der Waals surface area contributed by atoms with Gasteiger partial charge in [-0.2, -0.15) is 0 Å². The van der Waals surface area contributed by atoms with Crippen LogP contribution in [-0.2, 0) is 104 Å². The summed E-state index contributed by atoms with van der Waals surface area (Å²) in [4.78, 5) is 64.4. The molecule has 30 N–H and O–H groups in total. The van der Waals surface area contributed by atoms with Crippen LogP contribution in [0, 0.1) is 0 Å². The van der Waals surface area contributed by atoms with Crippen molar-refractivity contribution in [2.45, 2.75) is 323 Å². The predicted octanol–water partition coefficient (Wildman–Crippen LogP) is -19.8. The molecule has 0 aromatic heterocycles. The van der Waals surface area contributed by atoms with Gasteiger partial charge in [-0.25, -0.2) is 4.79 Å². The fraction of sp³-hybridized carbons (Fsp3) is 0.923. The van der Waals surface area contributed by atoms with Crippen LogP contribution >= 0.6 is 0 Å². The molecule has 9 fully saturated rings. The molecule has 0 spiro atoms. The Morgan fingerprint density at radius 2 is 0.761 bits per heavy atom. The molecular formula is C65H108N4O48. The van der Waals surface area contributed by atoms with Crippen molar-refractivity contribution in [1.29, 1.82) is 0 Å². The maximum atomic E-state index is 13.3. The van der Waals surface area contributed by atoms with Crippen LogP contribution in [0.2, 0.25) is 0 Å². The van der Waals surface area contributed by atoms with Crippen molar-refractivity contribution in [3.05, 3.63) is 0 Å². The predicted molar refractivity (Wildman–Crippen MR) is 359 cm³/mol. The number of carboxylic acids is 1. The molecule has 0 aliphatic carbocycles. The lowest BCUT2D eigenvalue weighted by atomic mass is 9.88. The van der Waals surface area contributed by atoms with Gasteiger partial charge in [0.15, 0.2) is 50.3 Å². The van der Waals surface area contributed by atoms with E-state index < -0.39 is 371 Å². The standard InChI is InChI=1S/C65H108N4O48/c1-15-33(82)42(91)45(94)59(103-15)102-14-28-50(40(89)30(56(98)104-28)67-17(3)77)111-57-31(68-18(4)78)41(90)49(26(12-75)109-57)112-61-47(96)53(39(88)27(110-61)13-101-60-46(95)43(92)35(84)22(8-71)106-60)114-63-55(44(93)36(85)23(9-72)108-63)115-58-32(69-19(5)79)51(37(86)24(10-73)105-58)113-62-48(97)54(38(87)25(11-74)107-62)117-65(64(99)100)6-20(80)29(66-16(2)76)52(116-65)34(83)21(81)7-70/h15,20-63,70-75,80-98H,6-14H2,1-5H3,(H,66,76)(H,67,77)(H,68,78)(H,69,79)(H,99,100)/t15-,20-,21+,22+,23+,24+,25+,26+,27+,28+,29+,30+,31+,32+,33+,34+,35+,36+,37+,38-,39+,40+,41+,42+,43-,44-,45-,46-,47-,48+,49+,50+,51+,52+,53-,54-,55-,56?,57-,58-,59+,60-,61-,62-,63+,65-/m0/s1. The van der Waals surface area contributed by atoms with Gasteiger partial charge in [-0.15, -0.1) is 0 Å². The average molecular weight is 1710 g/mol. The second-order valence-electron chi connectivity index (χ2n) is 29.6. The van der Waals surface area contributed by atoms with Crippen molar-refractivity contribution in [3.8, 4) is 0 Å². The van der Waals surface area contributed by atoms with Gasteiger partial charge in [0.2, 0.25) is 23.6 Å². The molecule has 0 bridgehead atoms. The molecule has 4 amide bonds. The van der Waals surface area contributed by atoms with Gasteiger partial charge < -0.3 is 235 Å². The topological polar surface area (TPSA) is 816 Å². The maximum Gasteiger partial charge on any atom is 0.364 e. The van der Waals surface area contributed by atoms with Crippen LogP contribution in [-0.4, -0.2) is 497 Å². The molecule has 9 saturated heterocycles. The second-order valence-corrected chi connectivity index (χ2v) is 29.6. The number of hydrogen-bond acceptors (Lipinski definition) is 47. The number of aliphatic carboxylic acids is 1. The fourth-order valence-corrected chi connectivity index (χ4v) is 15.0. The summed E-state index contributed by atoms with van der Waals surface area (Å²) in [7, 11) is 0. The lowest BCUT2D eigenvalue weighted by molar-refractivity contribution is -0.399. The van der Waals surface area contributed by atoms with E-state index in [4.69, 9.17) is 80.5 Å². The Morgan fingerprint density at radius 3 is 1.32 bits per heavy atom. The number of nitrogens with one attached hydrogen (secondary N) is 4. The van der Waals surface area contributed by atoms with Gasteiger partial charge in [0.1, 0.15) is 207 Å². The lowest BCUT2D eigenvalue weighted by Gasteiger charge is -2.52. The van der Waals surface area contributed by atoms with Crippen molar-refractivity contribution >= 4 is 29.6 Å². The highest BCUT2D eigenvalue weighted by Crippen LogP contribution is 2.42. The van der Waals surface area contributed by atoms with Gasteiger partial charge in [-0.3, -0.25) is 19.2 Å².